The number of hydrogen-bond donors (Lipinski definition) is 3. The molecule has 2 amide bonds. The Labute approximate surface area is 111 Å². The monoisotopic (exact) mass is 269 g/mol. The molecule has 0 aromatic heterocycles. The van der Waals surface area contributed by atoms with Crippen molar-refractivity contribution >= 4 is 17.8 Å². The molecule has 0 saturated carbocycles. The fraction of sp³-hybridized carbons (Fsp3) is 0.750. The van der Waals surface area contributed by atoms with Gasteiger partial charge >= 0.3 is 5.97 Å². The van der Waals surface area contributed by atoms with Crippen LogP contribution in [0.15, 0.2) is 0 Å². The van der Waals surface area contributed by atoms with E-state index in [4.69, 9.17) is 5.11 Å². The van der Waals surface area contributed by atoms with Crippen LogP contribution in [0.2, 0.25) is 0 Å². The number of hydrogen-bond acceptors (Lipinski definition) is 4. The van der Waals surface area contributed by atoms with E-state index >= 15 is 0 Å². The number of nitrogens with one attached hydrogen (secondary N) is 2. The van der Waals surface area contributed by atoms with Gasteiger partial charge < -0.3 is 20.6 Å². The molecule has 7 nitrogen and oxygen atoms in total. The van der Waals surface area contributed by atoms with Crippen molar-refractivity contribution in [2.24, 2.45) is 0 Å². The van der Waals surface area contributed by atoms with Crippen molar-refractivity contribution in [3.63, 3.8) is 0 Å². The van der Waals surface area contributed by atoms with Crippen molar-refractivity contribution in [1.29, 1.82) is 0 Å². The number of nitrogens with zero attached hydrogens (tertiary/aromatic N) is 1. The maximum Gasteiger partial charge on any atom is 0.305 e. The minimum Gasteiger partial charge on any atom is -0.481 e. The summed E-state index contributed by atoms with van der Waals surface area (Å²) in [7, 11) is 0. The number of piperidine rings is 1. The van der Waals surface area contributed by atoms with Gasteiger partial charge in [0.1, 0.15) is 6.04 Å². The maximum absolute atomic E-state index is 12.4. The summed E-state index contributed by atoms with van der Waals surface area (Å²) in [5, 5.41) is 14.6. The Balaban J connectivity index is 2.07. The lowest BCUT2D eigenvalue weighted by atomic mass is 10.0. The largest absolute Gasteiger partial charge is 0.481 e. The van der Waals surface area contributed by atoms with Crippen LogP contribution in [0, 0.1) is 0 Å². The standard InChI is InChI=1S/C12H19N3O4/c16-10(17)7-9-11(18)14-5-6-15(9)12(19)8-3-1-2-4-13-8/h8-9,13H,1-7H2,(H,14,18)(H,16,17)/t8-,9?/m0/s1. The molecule has 0 aromatic carbocycles. The number of carboxylic acid groups (broad SMARTS) is 1. The van der Waals surface area contributed by atoms with Gasteiger partial charge in [-0.2, -0.15) is 0 Å². The van der Waals surface area contributed by atoms with E-state index in [1.54, 1.807) is 0 Å². The number of piperazine rings is 1. The molecule has 0 spiro atoms. The SMILES string of the molecule is O=C(O)CC1C(=O)NCCN1C(=O)[C@@H]1CCCCN1. The van der Waals surface area contributed by atoms with Crippen LogP contribution < -0.4 is 10.6 Å². The van der Waals surface area contributed by atoms with E-state index in [9.17, 15) is 14.4 Å². The first-order valence-electron chi connectivity index (χ1n) is 6.63. The second kappa shape index (κ2) is 6.01. The molecule has 2 aliphatic heterocycles. The topological polar surface area (TPSA) is 98.7 Å². The zero-order valence-corrected chi connectivity index (χ0v) is 10.7. The first kappa shape index (κ1) is 13.8. The predicted octanol–water partition coefficient (Wildman–Crippen LogP) is -1.07. The highest BCUT2D eigenvalue weighted by Crippen LogP contribution is 2.15. The third-order valence-corrected chi connectivity index (χ3v) is 3.59. The highest BCUT2D eigenvalue weighted by Gasteiger charge is 2.37. The third kappa shape index (κ3) is 3.23. The minimum absolute atomic E-state index is 0.152. The maximum atomic E-state index is 12.4. The van der Waals surface area contributed by atoms with Gasteiger partial charge in [-0.05, 0) is 19.4 Å². The predicted molar refractivity (Wildman–Crippen MR) is 66.4 cm³/mol. The van der Waals surface area contributed by atoms with Gasteiger partial charge in [-0.3, -0.25) is 14.4 Å². The molecule has 2 fully saturated rings. The van der Waals surface area contributed by atoms with E-state index in [0.717, 1.165) is 25.8 Å². The highest BCUT2D eigenvalue weighted by molar-refractivity contribution is 5.93. The summed E-state index contributed by atoms with van der Waals surface area (Å²) in [6.07, 6.45) is 2.43. The first-order chi connectivity index (χ1) is 9.09. The highest BCUT2D eigenvalue weighted by atomic mass is 16.4. The molecule has 7 heteroatoms. The molecule has 2 heterocycles. The van der Waals surface area contributed by atoms with Crippen LogP contribution in [0.25, 0.3) is 0 Å². The number of amides is 2. The minimum atomic E-state index is -1.07. The van der Waals surface area contributed by atoms with E-state index in [2.05, 4.69) is 10.6 Å². The van der Waals surface area contributed by atoms with Crippen LogP contribution >= 0.6 is 0 Å². The normalized spacial score (nSPS) is 27.8. The molecule has 2 rings (SSSR count). The average Bonchev–Trinajstić information content (AvgIpc) is 2.41. The van der Waals surface area contributed by atoms with Gasteiger partial charge in [0.05, 0.1) is 12.5 Å². The van der Waals surface area contributed by atoms with Crippen molar-refractivity contribution in [1.82, 2.24) is 15.5 Å². The van der Waals surface area contributed by atoms with Crippen molar-refractivity contribution in [3.05, 3.63) is 0 Å². The van der Waals surface area contributed by atoms with Crippen LogP contribution in [-0.4, -0.2) is 59.5 Å². The quantitative estimate of drug-likeness (QED) is 0.606. The van der Waals surface area contributed by atoms with Crippen LogP contribution in [0.3, 0.4) is 0 Å². The van der Waals surface area contributed by atoms with E-state index < -0.39 is 12.0 Å². The van der Waals surface area contributed by atoms with Crippen molar-refractivity contribution in [3.8, 4) is 0 Å². The van der Waals surface area contributed by atoms with Crippen molar-refractivity contribution in [2.75, 3.05) is 19.6 Å². The zero-order valence-electron chi connectivity index (χ0n) is 10.7. The molecule has 2 atom stereocenters. The summed E-state index contributed by atoms with van der Waals surface area (Å²) in [4.78, 5) is 36.4. The third-order valence-electron chi connectivity index (χ3n) is 3.59. The number of aliphatic carboxylic acids is 1. The molecular weight excluding hydrogens is 250 g/mol. The van der Waals surface area contributed by atoms with Crippen LogP contribution in [-0.2, 0) is 14.4 Å². The van der Waals surface area contributed by atoms with Crippen LogP contribution in [0.5, 0.6) is 0 Å². The number of carbonyl (C=O) groups is 3. The van der Waals surface area contributed by atoms with Crippen LogP contribution in [0.1, 0.15) is 25.7 Å². The molecule has 0 aromatic rings. The fourth-order valence-electron chi connectivity index (χ4n) is 2.61. The Morgan fingerprint density at radius 2 is 2.11 bits per heavy atom. The molecule has 0 radical (unpaired) electrons. The van der Waals surface area contributed by atoms with Crippen molar-refractivity contribution in [2.45, 2.75) is 37.8 Å². The Bertz CT molecular complexity index is 379. The van der Waals surface area contributed by atoms with Gasteiger partial charge in [-0.15, -0.1) is 0 Å². The summed E-state index contributed by atoms with van der Waals surface area (Å²) in [6, 6.07) is -1.17. The lowest BCUT2D eigenvalue weighted by molar-refractivity contribution is -0.149. The molecular formula is C12H19N3O4. The lowest BCUT2D eigenvalue weighted by Crippen LogP contribution is -2.61. The Kier molecular flexibility index (Phi) is 4.36. The van der Waals surface area contributed by atoms with Crippen molar-refractivity contribution < 1.29 is 19.5 Å². The summed E-state index contributed by atoms with van der Waals surface area (Å²) in [5.41, 5.74) is 0. The zero-order chi connectivity index (χ0) is 13.8. The summed E-state index contributed by atoms with van der Waals surface area (Å²) >= 11 is 0. The Morgan fingerprint density at radius 1 is 1.32 bits per heavy atom. The molecule has 2 aliphatic rings. The second-order valence-electron chi connectivity index (χ2n) is 4.94. The van der Waals surface area contributed by atoms with Gasteiger partial charge in [0.25, 0.3) is 0 Å². The lowest BCUT2D eigenvalue weighted by Gasteiger charge is -2.37. The second-order valence-corrected chi connectivity index (χ2v) is 4.94. The van der Waals surface area contributed by atoms with Gasteiger partial charge in [0.15, 0.2) is 0 Å². The number of rotatable bonds is 3. The number of carboxylic acids is 1. The molecule has 2 saturated heterocycles. The fourth-order valence-corrected chi connectivity index (χ4v) is 2.61. The molecule has 106 valence electrons. The summed E-state index contributed by atoms with van der Waals surface area (Å²) in [5.74, 6) is -1.60. The Morgan fingerprint density at radius 3 is 2.74 bits per heavy atom. The van der Waals surface area contributed by atoms with E-state index in [0.29, 0.717) is 13.1 Å². The summed E-state index contributed by atoms with van der Waals surface area (Å²) in [6.45, 7) is 1.55. The van der Waals surface area contributed by atoms with E-state index in [1.165, 1.54) is 4.90 Å². The van der Waals surface area contributed by atoms with E-state index in [-0.39, 0.29) is 24.3 Å². The molecule has 1 unspecified atom stereocenters. The average molecular weight is 269 g/mol. The number of carbonyl (C=O) groups excluding carboxylic acids is 2. The summed E-state index contributed by atoms with van der Waals surface area (Å²) < 4.78 is 0. The van der Waals surface area contributed by atoms with Gasteiger partial charge in [0, 0.05) is 13.1 Å². The van der Waals surface area contributed by atoms with Gasteiger partial charge in [-0.25, -0.2) is 0 Å². The van der Waals surface area contributed by atoms with Crippen LogP contribution in [0.4, 0.5) is 0 Å². The molecule has 0 aliphatic carbocycles. The molecule has 3 N–H and O–H groups in total. The molecule has 0 bridgehead atoms. The Hall–Kier alpha value is -1.63. The van der Waals surface area contributed by atoms with E-state index in [1.807, 2.05) is 0 Å². The smallest absolute Gasteiger partial charge is 0.305 e. The first-order valence-corrected chi connectivity index (χ1v) is 6.63. The van der Waals surface area contributed by atoms with Gasteiger partial charge in [-0.1, -0.05) is 6.42 Å². The molecule has 19 heavy (non-hydrogen) atoms. The van der Waals surface area contributed by atoms with Gasteiger partial charge in [0.2, 0.25) is 11.8 Å².